The summed E-state index contributed by atoms with van der Waals surface area (Å²) in [6.07, 6.45) is 3.06. The number of likely N-dealkylation sites (tertiary alicyclic amines) is 1. The SMILES string of the molecule is CSCC(=O)NC1CC(=O)N(CCc2cccc(Cl)c2)C1. The lowest BCUT2D eigenvalue weighted by Gasteiger charge is -2.17. The molecule has 0 spiro atoms. The molecule has 4 nitrogen and oxygen atoms in total. The van der Waals surface area contributed by atoms with E-state index in [4.69, 9.17) is 11.6 Å². The normalized spacial score (nSPS) is 18.1. The van der Waals surface area contributed by atoms with Gasteiger partial charge in [0.1, 0.15) is 0 Å². The molecule has 6 heteroatoms. The van der Waals surface area contributed by atoms with Crippen molar-refractivity contribution in [2.45, 2.75) is 18.9 Å². The van der Waals surface area contributed by atoms with E-state index in [0.717, 1.165) is 12.0 Å². The van der Waals surface area contributed by atoms with Gasteiger partial charge in [-0.15, -0.1) is 0 Å². The number of carbonyl (C=O) groups excluding carboxylic acids is 2. The van der Waals surface area contributed by atoms with Gasteiger partial charge in [-0.2, -0.15) is 11.8 Å². The zero-order valence-corrected chi connectivity index (χ0v) is 13.5. The molecule has 1 heterocycles. The number of nitrogens with one attached hydrogen (secondary N) is 1. The summed E-state index contributed by atoms with van der Waals surface area (Å²) in [5.74, 6) is 0.538. The maximum absolute atomic E-state index is 12.0. The minimum atomic E-state index is -0.0588. The van der Waals surface area contributed by atoms with E-state index >= 15 is 0 Å². The van der Waals surface area contributed by atoms with Crippen LogP contribution in [0.4, 0.5) is 0 Å². The number of rotatable bonds is 6. The topological polar surface area (TPSA) is 49.4 Å². The van der Waals surface area contributed by atoms with Crippen LogP contribution in [0.25, 0.3) is 0 Å². The number of halogens is 1. The van der Waals surface area contributed by atoms with Crippen LogP contribution >= 0.6 is 23.4 Å². The van der Waals surface area contributed by atoms with Gasteiger partial charge in [0.05, 0.1) is 11.8 Å². The molecular weight excluding hydrogens is 308 g/mol. The Morgan fingerprint density at radius 1 is 1.52 bits per heavy atom. The average Bonchev–Trinajstić information content (AvgIpc) is 2.77. The maximum Gasteiger partial charge on any atom is 0.230 e. The zero-order valence-electron chi connectivity index (χ0n) is 12.0. The maximum atomic E-state index is 12.0. The van der Waals surface area contributed by atoms with Crippen molar-refractivity contribution in [1.29, 1.82) is 0 Å². The van der Waals surface area contributed by atoms with E-state index in [1.54, 1.807) is 0 Å². The van der Waals surface area contributed by atoms with Gasteiger partial charge in [-0.3, -0.25) is 9.59 Å². The largest absolute Gasteiger partial charge is 0.350 e. The van der Waals surface area contributed by atoms with E-state index in [-0.39, 0.29) is 17.9 Å². The Hall–Kier alpha value is -1.20. The fourth-order valence-corrected chi connectivity index (χ4v) is 3.00. The highest BCUT2D eigenvalue weighted by atomic mass is 35.5. The van der Waals surface area contributed by atoms with Crippen molar-refractivity contribution in [3.05, 3.63) is 34.9 Å². The lowest BCUT2D eigenvalue weighted by molar-refractivity contribution is -0.127. The molecule has 1 aromatic rings. The lowest BCUT2D eigenvalue weighted by Crippen LogP contribution is -2.38. The molecule has 1 aliphatic heterocycles. The molecule has 1 atom stereocenters. The van der Waals surface area contributed by atoms with Crippen LogP contribution in [0.5, 0.6) is 0 Å². The zero-order chi connectivity index (χ0) is 15.2. The van der Waals surface area contributed by atoms with Crippen LogP contribution < -0.4 is 5.32 Å². The van der Waals surface area contributed by atoms with E-state index in [1.165, 1.54) is 11.8 Å². The number of nitrogens with zero attached hydrogens (tertiary/aromatic N) is 1. The quantitative estimate of drug-likeness (QED) is 0.869. The van der Waals surface area contributed by atoms with Gasteiger partial charge in [0, 0.05) is 24.5 Å². The highest BCUT2D eigenvalue weighted by Crippen LogP contribution is 2.15. The van der Waals surface area contributed by atoms with Crippen LogP contribution in [0.2, 0.25) is 5.02 Å². The number of benzene rings is 1. The minimum Gasteiger partial charge on any atom is -0.350 e. The number of hydrogen-bond donors (Lipinski definition) is 1. The predicted octanol–water partition coefficient (Wildman–Crippen LogP) is 1.96. The molecule has 1 N–H and O–H groups in total. The Bertz CT molecular complexity index is 524. The summed E-state index contributed by atoms with van der Waals surface area (Å²) in [6.45, 7) is 1.26. The fraction of sp³-hybridized carbons (Fsp3) is 0.467. The van der Waals surface area contributed by atoms with Crippen molar-refractivity contribution in [1.82, 2.24) is 10.2 Å². The van der Waals surface area contributed by atoms with Crippen LogP contribution in [0.1, 0.15) is 12.0 Å². The monoisotopic (exact) mass is 326 g/mol. The van der Waals surface area contributed by atoms with Gasteiger partial charge in [0.2, 0.25) is 11.8 Å². The van der Waals surface area contributed by atoms with Gasteiger partial charge in [-0.25, -0.2) is 0 Å². The molecule has 1 unspecified atom stereocenters. The summed E-state index contributed by atoms with van der Waals surface area (Å²) in [6, 6.07) is 7.61. The number of carbonyl (C=O) groups is 2. The summed E-state index contributed by atoms with van der Waals surface area (Å²) in [4.78, 5) is 25.3. The average molecular weight is 327 g/mol. The van der Waals surface area contributed by atoms with E-state index in [0.29, 0.717) is 30.3 Å². The summed E-state index contributed by atoms with van der Waals surface area (Å²) in [5, 5.41) is 3.61. The smallest absolute Gasteiger partial charge is 0.230 e. The third-order valence-corrected chi connectivity index (χ3v) is 4.20. The van der Waals surface area contributed by atoms with Crippen molar-refractivity contribution in [3.63, 3.8) is 0 Å². The second kappa shape index (κ2) is 7.71. The number of hydrogen-bond acceptors (Lipinski definition) is 3. The van der Waals surface area contributed by atoms with Crippen LogP contribution in [0, 0.1) is 0 Å². The Balaban J connectivity index is 1.82. The standard InChI is InChI=1S/C15H19ClN2O2S/c1-21-10-14(19)17-13-8-15(20)18(9-13)6-5-11-3-2-4-12(16)7-11/h2-4,7,13H,5-6,8-10H2,1H3,(H,17,19). The Labute approximate surface area is 134 Å². The second-order valence-electron chi connectivity index (χ2n) is 5.12. The van der Waals surface area contributed by atoms with Gasteiger partial charge in [-0.05, 0) is 30.4 Å². The van der Waals surface area contributed by atoms with E-state index in [2.05, 4.69) is 5.32 Å². The molecule has 2 rings (SSSR count). The number of amides is 2. The molecule has 0 saturated carbocycles. The van der Waals surface area contributed by atoms with Crippen molar-refractivity contribution in [2.75, 3.05) is 25.1 Å². The Morgan fingerprint density at radius 3 is 3.05 bits per heavy atom. The van der Waals surface area contributed by atoms with Gasteiger partial charge in [0.25, 0.3) is 0 Å². The molecule has 0 aliphatic carbocycles. The summed E-state index contributed by atoms with van der Waals surface area (Å²) >= 11 is 7.43. The molecule has 0 aromatic heterocycles. The van der Waals surface area contributed by atoms with Crippen LogP contribution in [0.15, 0.2) is 24.3 Å². The number of thioether (sulfide) groups is 1. The van der Waals surface area contributed by atoms with Gasteiger partial charge < -0.3 is 10.2 Å². The minimum absolute atomic E-state index is 0.00279. The third kappa shape index (κ3) is 4.93. The predicted molar refractivity (Wildman–Crippen MR) is 86.7 cm³/mol. The van der Waals surface area contributed by atoms with Crippen LogP contribution in [-0.4, -0.2) is 47.9 Å². The van der Waals surface area contributed by atoms with E-state index in [9.17, 15) is 9.59 Å². The Morgan fingerprint density at radius 2 is 2.33 bits per heavy atom. The van der Waals surface area contributed by atoms with E-state index < -0.39 is 0 Å². The van der Waals surface area contributed by atoms with Crippen molar-refractivity contribution in [3.8, 4) is 0 Å². The highest BCUT2D eigenvalue weighted by molar-refractivity contribution is 7.99. The molecule has 0 bridgehead atoms. The molecule has 1 aliphatic rings. The van der Waals surface area contributed by atoms with Gasteiger partial charge in [-0.1, -0.05) is 23.7 Å². The molecule has 21 heavy (non-hydrogen) atoms. The first-order valence-corrected chi connectivity index (χ1v) is 8.66. The van der Waals surface area contributed by atoms with Gasteiger partial charge in [0.15, 0.2) is 0 Å². The second-order valence-corrected chi connectivity index (χ2v) is 6.42. The molecule has 114 valence electrons. The summed E-state index contributed by atoms with van der Waals surface area (Å²) in [5.41, 5.74) is 1.12. The van der Waals surface area contributed by atoms with Crippen molar-refractivity contribution < 1.29 is 9.59 Å². The first kappa shape index (κ1) is 16.2. The van der Waals surface area contributed by atoms with Crippen molar-refractivity contribution in [2.24, 2.45) is 0 Å². The molecule has 2 amide bonds. The lowest BCUT2D eigenvalue weighted by atomic mass is 10.1. The molecule has 1 fully saturated rings. The summed E-state index contributed by atoms with van der Waals surface area (Å²) < 4.78 is 0. The van der Waals surface area contributed by atoms with E-state index in [1.807, 2.05) is 35.4 Å². The van der Waals surface area contributed by atoms with Crippen LogP contribution in [-0.2, 0) is 16.0 Å². The molecule has 1 aromatic carbocycles. The first-order valence-electron chi connectivity index (χ1n) is 6.89. The first-order chi connectivity index (χ1) is 10.1. The van der Waals surface area contributed by atoms with Crippen LogP contribution in [0.3, 0.4) is 0 Å². The van der Waals surface area contributed by atoms with Gasteiger partial charge >= 0.3 is 0 Å². The summed E-state index contributed by atoms with van der Waals surface area (Å²) in [7, 11) is 0. The Kier molecular flexibility index (Phi) is 5.94. The third-order valence-electron chi connectivity index (χ3n) is 3.41. The highest BCUT2D eigenvalue weighted by Gasteiger charge is 2.29. The van der Waals surface area contributed by atoms with Crippen molar-refractivity contribution >= 4 is 35.2 Å². The molecule has 1 saturated heterocycles. The molecular formula is C15H19ClN2O2S. The molecule has 0 radical (unpaired) electrons. The fourth-order valence-electron chi connectivity index (χ4n) is 2.44.